The maximum Gasteiger partial charge on any atom is 0.315 e. The van der Waals surface area contributed by atoms with E-state index >= 15 is 0 Å². The van der Waals surface area contributed by atoms with E-state index in [-0.39, 0.29) is 19.2 Å². The highest BCUT2D eigenvalue weighted by Gasteiger charge is 2.47. The summed E-state index contributed by atoms with van der Waals surface area (Å²) in [5.41, 5.74) is 0. The number of rotatable bonds is 22. The normalized spacial score (nSPS) is 17.1. The highest BCUT2D eigenvalue weighted by molar-refractivity contribution is 6.90. The summed E-state index contributed by atoms with van der Waals surface area (Å²) in [7, 11) is -11.4. The molecule has 14 heteroatoms. The van der Waals surface area contributed by atoms with Crippen molar-refractivity contribution in [2.24, 2.45) is 0 Å². The van der Waals surface area contributed by atoms with Crippen molar-refractivity contribution in [2.45, 2.75) is 123 Å². The van der Waals surface area contributed by atoms with E-state index in [9.17, 15) is 9.90 Å². The lowest BCUT2D eigenvalue weighted by molar-refractivity contribution is -0.141. The predicted octanol–water partition coefficient (Wildman–Crippen LogP) is 5.45. The lowest BCUT2D eigenvalue weighted by atomic mass is 10.2. The Labute approximate surface area is 237 Å². The molecule has 0 aromatic carbocycles. The smallest absolute Gasteiger partial charge is 0.315 e. The van der Waals surface area contributed by atoms with Gasteiger partial charge in [-0.3, -0.25) is 4.79 Å². The monoisotopic (exact) mass is 630 g/mol. The average Bonchev–Trinajstić information content (AvgIpc) is 2.68. The fourth-order valence-corrected chi connectivity index (χ4v) is 28.1. The fourth-order valence-electron chi connectivity index (χ4n) is 4.49. The van der Waals surface area contributed by atoms with Gasteiger partial charge in [0.1, 0.15) is 6.10 Å². The van der Waals surface area contributed by atoms with E-state index in [0.717, 1.165) is 44.2 Å². The second kappa shape index (κ2) is 17.3. The number of ether oxygens (including phenoxy) is 2. The molecule has 0 radical (unpaired) electrons. The molecule has 0 aliphatic carbocycles. The fraction of sp³-hybridized carbons (Fsp3) is 0.958. The summed E-state index contributed by atoms with van der Waals surface area (Å²) in [4.78, 5) is 10.9. The van der Waals surface area contributed by atoms with Crippen LogP contribution in [-0.4, -0.2) is 91.0 Å². The molecule has 0 saturated heterocycles. The Bertz CT molecular complexity index is 673. The number of aliphatic hydroxyl groups is 2. The number of esters is 1. The number of hydrogen-bond acceptors (Lipinski definition) is 9. The maximum atomic E-state index is 10.9. The number of aliphatic hydroxyl groups excluding tert-OH is 2. The van der Waals surface area contributed by atoms with Gasteiger partial charge in [-0.1, -0.05) is 19.3 Å². The summed E-state index contributed by atoms with van der Waals surface area (Å²) in [6.45, 7) is 23.9. The average molecular weight is 631 g/mol. The molecule has 0 spiro atoms. The molecule has 0 fully saturated rings. The van der Waals surface area contributed by atoms with Gasteiger partial charge in [0.05, 0.1) is 19.8 Å². The predicted molar refractivity (Wildman–Crippen MR) is 165 cm³/mol. The SMILES string of the molecule is CC(=O)OCCCCCC[Si](C)(O[Si](C)(C)C)O[Si](C)(C)O[Si](C)(CCCOCC(O)CO)O[Si](C)(C)C. The Hall–Kier alpha value is 0.274. The highest BCUT2D eigenvalue weighted by atomic mass is 28.5. The second-order valence-corrected chi connectivity index (χ2v) is 32.9. The van der Waals surface area contributed by atoms with Crippen molar-refractivity contribution in [3.8, 4) is 0 Å². The van der Waals surface area contributed by atoms with Crippen molar-refractivity contribution >= 4 is 48.3 Å². The Balaban J connectivity index is 5.28. The van der Waals surface area contributed by atoms with Gasteiger partial charge < -0.3 is 36.1 Å². The second-order valence-electron chi connectivity index (χ2n) is 12.8. The summed E-state index contributed by atoms with van der Waals surface area (Å²) in [6.07, 6.45) is 3.83. The summed E-state index contributed by atoms with van der Waals surface area (Å²) >= 11 is 0. The van der Waals surface area contributed by atoms with Crippen LogP contribution in [0.3, 0.4) is 0 Å². The zero-order valence-corrected chi connectivity index (χ0v) is 31.1. The van der Waals surface area contributed by atoms with E-state index in [1.165, 1.54) is 6.92 Å². The minimum atomic E-state index is -2.61. The molecule has 0 aromatic heterocycles. The third-order valence-electron chi connectivity index (χ3n) is 5.24. The standard InChI is InChI=1S/C24H58O9Si5/c1-23(26)29-18-14-12-13-15-19-37(10,30-34(2,3)4)32-36(8,9)33-38(11,31-35(5,6)7)20-16-17-28-22-24(27)21-25/h24-25,27H,12-22H2,1-11H3. The number of carbonyl (C=O) groups is 1. The van der Waals surface area contributed by atoms with Crippen LogP contribution in [0.2, 0.25) is 77.6 Å². The Morgan fingerprint density at radius 3 is 1.61 bits per heavy atom. The molecule has 0 saturated carbocycles. The van der Waals surface area contributed by atoms with Crippen LogP contribution in [0.1, 0.15) is 39.0 Å². The van der Waals surface area contributed by atoms with E-state index in [1.54, 1.807) is 0 Å². The number of carbonyl (C=O) groups excluding carboxylic acids is 1. The van der Waals surface area contributed by atoms with Crippen LogP contribution in [0.4, 0.5) is 0 Å². The van der Waals surface area contributed by atoms with E-state index < -0.39 is 48.4 Å². The van der Waals surface area contributed by atoms with Gasteiger partial charge in [0.25, 0.3) is 0 Å². The van der Waals surface area contributed by atoms with Crippen LogP contribution in [0, 0.1) is 0 Å². The van der Waals surface area contributed by atoms with Gasteiger partial charge in [-0.2, -0.15) is 0 Å². The number of hydrogen-bond donors (Lipinski definition) is 2. The van der Waals surface area contributed by atoms with E-state index in [1.807, 2.05) is 0 Å². The molecule has 9 nitrogen and oxygen atoms in total. The largest absolute Gasteiger partial charge is 0.466 e. The van der Waals surface area contributed by atoms with Crippen LogP contribution in [0.15, 0.2) is 0 Å². The number of unbranched alkanes of at least 4 members (excludes halogenated alkanes) is 3. The zero-order chi connectivity index (χ0) is 29.7. The zero-order valence-electron chi connectivity index (χ0n) is 26.1. The first-order valence-corrected chi connectivity index (χ1v) is 28.7. The van der Waals surface area contributed by atoms with E-state index in [4.69, 9.17) is 31.0 Å². The minimum absolute atomic E-state index is 0.121. The summed E-state index contributed by atoms with van der Waals surface area (Å²) in [5.74, 6) is -0.226. The van der Waals surface area contributed by atoms with Gasteiger partial charge in [0.2, 0.25) is 0 Å². The van der Waals surface area contributed by atoms with Crippen LogP contribution in [0.5, 0.6) is 0 Å². The van der Waals surface area contributed by atoms with Gasteiger partial charge >= 0.3 is 31.7 Å². The Kier molecular flexibility index (Phi) is 17.4. The Morgan fingerprint density at radius 1 is 0.684 bits per heavy atom. The molecule has 3 atom stereocenters. The van der Waals surface area contributed by atoms with Gasteiger partial charge in [0.15, 0.2) is 16.6 Å². The van der Waals surface area contributed by atoms with Gasteiger partial charge in [-0.25, -0.2) is 0 Å². The van der Waals surface area contributed by atoms with Crippen molar-refractivity contribution < 1.29 is 40.9 Å². The van der Waals surface area contributed by atoms with Crippen LogP contribution in [-0.2, 0) is 30.7 Å². The van der Waals surface area contributed by atoms with Gasteiger partial charge in [-0.05, 0) is 90.4 Å². The molecular formula is C24H58O9Si5. The van der Waals surface area contributed by atoms with Crippen molar-refractivity contribution in [3.63, 3.8) is 0 Å². The van der Waals surface area contributed by atoms with Crippen molar-refractivity contribution in [1.29, 1.82) is 0 Å². The molecule has 0 amide bonds. The van der Waals surface area contributed by atoms with E-state index in [2.05, 4.69) is 65.5 Å². The molecule has 0 aromatic rings. The molecule has 0 bridgehead atoms. The van der Waals surface area contributed by atoms with Gasteiger partial charge in [0, 0.05) is 13.5 Å². The lowest BCUT2D eigenvalue weighted by Crippen LogP contribution is -2.59. The van der Waals surface area contributed by atoms with Crippen LogP contribution < -0.4 is 0 Å². The highest BCUT2D eigenvalue weighted by Crippen LogP contribution is 2.31. The molecule has 0 aliphatic rings. The Morgan fingerprint density at radius 2 is 1.16 bits per heavy atom. The van der Waals surface area contributed by atoms with Crippen LogP contribution >= 0.6 is 0 Å². The van der Waals surface area contributed by atoms with Crippen molar-refractivity contribution in [1.82, 2.24) is 0 Å². The molecule has 0 rings (SSSR count). The first-order valence-electron chi connectivity index (χ1n) is 14.0. The van der Waals surface area contributed by atoms with E-state index in [0.29, 0.717) is 13.2 Å². The molecule has 3 unspecified atom stereocenters. The third kappa shape index (κ3) is 21.1. The van der Waals surface area contributed by atoms with Crippen molar-refractivity contribution in [3.05, 3.63) is 0 Å². The van der Waals surface area contributed by atoms with Crippen molar-refractivity contribution in [2.75, 3.05) is 26.4 Å². The molecule has 2 N–H and O–H groups in total. The molecule has 0 aliphatic heterocycles. The molecule has 38 heavy (non-hydrogen) atoms. The quantitative estimate of drug-likeness (QED) is 0.0916. The van der Waals surface area contributed by atoms with Gasteiger partial charge in [-0.15, -0.1) is 0 Å². The molecule has 0 heterocycles. The molecule has 228 valence electrons. The lowest BCUT2D eigenvalue weighted by Gasteiger charge is -2.44. The summed E-state index contributed by atoms with van der Waals surface area (Å²) < 4.78 is 37.8. The minimum Gasteiger partial charge on any atom is -0.466 e. The maximum absolute atomic E-state index is 10.9. The van der Waals surface area contributed by atoms with Crippen LogP contribution in [0.25, 0.3) is 0 Å². The topological polar surface area (TPSA) is 113 Å². The molecular weight excluding hydrogens is 573 g/mol. The third-order valence-corrected chi connectivity index (χ3v) is 23.5. The summed E-state index contributed by atoms with van der Waals surface area (Å²) in [5, 5.41) is 18.5. The summed E-state index contributed by atoms with van der Waals surface area (Å²) in [6, 6.07) is 1.67. The first kappa shape index (κ1) is 38.3. The first-order chi connectivity index (χ1) is 17.2.